The number of carbonyl (C=O) groups excluding carboxylic acids is 1. The second-order valence-electron chi connectivity index (χ2n) is 9.48. The lowest BCUT2D eigenvalue weighted by atomic mass is 9.98. The Hall–Kier alpha value is -3.92. The van der Waals surface area contributed by atoms with Crippen molar-refractivity contribution in [2.45, 2.75) is 44.1 Å². The number of rotatable bonds is 3. The molecular formula is C26H21F2N5O3. The van der Waals surface area contributed by atoms with Crippen LogP contribution in [0.15, 0.2) is 42.6 Å². The van der Waals surface area contributed by atoms with Gasteiger partial charge in [0, 0.05) is 36.4 Å². The number of benzene rings is 1. The summed E-state index contributed by atoms with van der Waals surface area (Å²) in [5.74, 6) is 0.404. The maximum Gasteiger partial charge on any atom is 0.387 e. The number of ether oxygens (including phenoxy) is 1. The maximum atomic E-state index is 13.3. The molecule has 182 valence electrons. The molecule has 2 aliphatic heterocycles. The van der Waals surface area contributed by atoms with Gasteiger partial charge in [0.2, 0.25) is 0 Å². The van der Waals surface area contributed by atoms with Crippen LogP contribution in [0.2, 0.25) is 0 Å². The van der Waals surface area contributed by atoms with Gasteiger partial charge in [-0.3, -0.25) is 9.78 Å². The highest BCUT2D eigenvalue weighted by Gasteiger charge is 2.45. The van der Waals surface area contributed by atoms with Crippen LogP contribution in [0.5, 0.6) is 5.75 Å². The number of halogens is 2. The molecular weight excluding hydrogens is 468 g/mol. The minimum absolute atomic E-state index is 0.0119. The predicted octanol–water partition coefficient (Wildman–Crippen LogP) is 4.19. The van der Waals surface area contributed by atoms with Crippen molar-refractivity contribution in [3.8, 4) is 17.0 Å². The first-order valence-corrected chi connectivity index (χ1v) is 11.8. The lowest BCUT2D eigenvalue weighted by Crippen LogP contribution is -2.30. The number of aromatic nitrogens is 4. The number of hydrogen-bond acceptors (Lipinski definition) is 6. The predicted molar refractivity (Wildman–Crippen MR) is 125 cm³/mol. The fraction of sp³-hybridized carbons (Fsp3) is 0.308. The Labute approximate surface area is 204 Å². The first-order chi connectivity index (χ1) is 17.4. The molecule has 8 nitrogen and oxygen atoms in total. The van der Waals surface area contributed by atoms with E-state index in [1.807, 2.05) is 22.8 Å². The van der Waals surface area contributed by atoms with Crippen LogP contribution < -0.4 is 4.74 Å². The molecule has 3 aromatic heterocycles. The molecule has 7 rings (SSSR count). The Morgan fingerprint density at radius 2 is 2.03 bits per heavy atom. The molecule has 4 aromatic rings. The van der Waals surface area contributed by atoms with Gasteiger partial charge < -0.3 is 19.3 Å². The van der Waals surface area contributed by atoms with Crippen molar-refractivity contribution in [1.82, 2.24) is 24.4 Å². The van der Waals surface area contributed by atoms with Gasteiger partial charge >= 0.3 is 6.61 Å². The lowest BCUT2D eigenvalue weighted by Gasteiger charge is -2.24. The SMILES string of the molecule is CN1C(=O)c2cccc(OC(F)F)c2[C@H]2C[C@@H]1c1nc3ccc(-c4cnc5c(c4)CCC5O)nc3n12. The number of alkyl halides is 2. The van der Waals surface area contributed by atoms with E-state index in [9.17, 15) is 18.7 Å². The summed E-state index contributed by atoms with van der Waals surface area (Å²) in [5, 5.41) is 10.1. The third-order valence-electron chi connectivity index (χ3n) is 7.55. The molecule has 1 unspecified atom stereocenters. The van der Waals surface area contributed by atoms with Crippen LogP contribution in [0.1, 0.15) is 64.0 Å². The molecule has 1 aliphatic carbocycles. The van der Waals surface area contributed by atoms with Crippen molar-refractivity contribution in [3.05, 3.63) is 70.8 Å². The van der Waals surface area contributed by atoms with Crippen molar-refractivity contribution < 1.29 is 23.4 Å². The Bertz CT molecular complexity index is 1570. The highest BCUT2D eigenvalue weighted by atomic mass is 19.3. The molecule has 10 heteroatoms. The summed E-state index contributed by atoms with van der Waals surface area (Å²) in [7, 11) is 1.71. The molecule has 0 fully saturated rings. The first kappa shape index (κ1) is 21.4. The van der Waals surface area contributed by atoms with Gasteiger partial charge in [0.1, 0.15) is 17.1 Å². The number of aryl methyl sites for hydroxylation is 1. The smallest absolute Gasteiger partial charge is 0.387 e. The molecule has 3 aliphatic rings. The van der Waals surface area contributed by atoms with Crippen LogP contribution in [-0.4, -0.2) is 49.1 Å². The van der Waals surface area contributed by atoms with Crippen LogP contribution in [-0.2, 0) is 6.42 Å². The molecule has 36 heavy (non-hydrogen) atoms. The highest BCUT2D eigenvalue weighted by Crippen LogP contribution is 2.49. The summed E-state index contributed by atoms with van der Waals surface area (Å²) in [5.41, 5.74) is 5.28. The van der Waals surface area contributed by atoms with Gasteiger partial charge in [-0.2, -0.15) is 8.78 Å². The van der Waals surface area contributed by atoms with E-state index in [1.54, 1.807) is 30.3 Å². The van der Waals surface area contributed by atoms with Gasteiger partial charge in [-0.05, 0) is 48.7 Å². The van der Waals surface area contributed by atoms with Crippen molar-refractivity contribution in [2.24, 2.45) is 0 Å². The molecule has 1 aromatic carbocycles. The summed E-state index contributed by atoms with van der Waals surface area (Å²) < 4.78 is 33.4. The van der Waals surface area contributed by atoms with E-state index in [-0.39, 0.29) is 17.7 Å². The number of hydrogen-bond donors (Lipinski definition) is 1. The average molecular weight is 489 g/mol. The van der Waals surface area contributed by atoms with E-state index in [0.29, 0.717) is 52.3 Å². The van der Waals surface area contributed by atoms with Gasteiger partial charge in [-0.15, -0.1) is 0 Å². The Morgan fingerprint density at radius 1 is 1.17 bits per heavy atom. The van der Waals surface area contributed by atoms with Crippen LogP contribution in [0.25, 0.3) is 22.4 Å². The van der Waals surface area contributed by atoms with Crippen LogP contribution in [0.4, 0.5) is 8.78 Å². The van der Waals surface area contributed by atoms with Gasteiger partial charge in [0.05, 0.1) is 29.6 Å². The molecule has 0 radical (unpaired) electrons. The van der Waals surface area contributed by atoms with E-state index in [4.69, 9.17) is 14.7 Å². The van der Waals surface area contributed by atoms with Crippen LogP contribution >= 0.6 is 0 Å². The highest BCUT2D eigenvalue weighted by molar-refractivity contribution is 5.97. The standard InChI is InChI=1S/C26H21F2N5O3/c1-32-18-10-17(21-14(25(32)35)3-2-4-20(21)36-26(27)28)33-23-16(31-24(18)33)7-6-15(30-23)13-9-12-5-8-19(34)22(12)29-11-13/h2-4,6-7,9,11,17-19,26,34H,5,8,10H2,1H3/t17-,18-,19?/m1/s1. The third kappa shape index (κ3) is 2.94. The Morgan fingerprint density at radius 3 is 2.86 bits per heavy atom. The third-order valence-corrected chi connectivity index (χ3v) is 7.55. The molecule has 5 heterocycles. The fourth-order valence-electron chi connectivity index (χ4n) is 5.89. The summed E-state index contributed by atoms with van der Waals surface area (Å²) in [6, 6.07) is 9.67. The number of amides is 1. The van der Waals surface area contributed by atoms with Crippen molar-refractivity contribution in [1.29, 1.82) is 0 Å². The summed E-state index contributed by atoms with van der Waals surface area (Å²) in [6.45, 7) is -3.01. The zero-order valence-electron chi connectivity index (χ0n) is 19.2. The van der Waals surface area contributed by atoms with E-state index in [1.165, 1.54) is 6.07 Å². The van der Waals surface area contributed by atoms with Gasteiger partial charge in [-0.1, -0.05) is 6.07 Å². The number of pyridine rings is 2. The van der Waals surface area contributed by atoms with Crippen molar-refractivity contribution in [3.63, 3.8) is 0 Å². The largest absolute Gasteiger partial charge is 0.434 e. The molecule has 0 spiro atoms. The van der Waals surface area contributed by atoms with E-state index in [2.05, 4.69) is 4.98 Å². The van der Waals surface area contributed by atoms with Gasteiger partial charge in [-0.25, -0.2) is 9.97 Å². The number of carbonyl (C=O) groups is 1. The molecule has 1 N–H and O–H groups in total. The van der Waals surface area contributed by atoms with Crippen LogP contribution in [0.3, 0.4) is 0 Å². The van der Waals surface area contributed by atoms with Crippen molar-refractivity contribution >= 4 is 17.1 Å². The fourth-order valence-corrected chi connectivity index (χ4v) is 5.89. The van der Waals surface area contributed by atoms with E-state index in [0.717, 1.165) is 17.5 Å². The second kappa shape index (κ2) is 7.54. The zero-order chi connectivity index (χ0) is 24.7. The average Bonchev–Trinajstić information content (AvgIpc) is 3.52. The first-order valence-electron chi connectivity index (χ1n) is 11.8. The van der Waals surface area contributed by atoms with E-state index >= 15 is 0 Å². The zero-order valence-corrected chi connectivity index (χ0v) is 19.2. The van der Waals surface area contributed by atoms with Crippen molar-refractivity contribution in [2.75, 3.05) is 7.05 Å². The Kier molecular flexibility index (Phi) is 4.47. The lowest BCUT2D eigenvalue weighted by molar-refractivity contribution is -0.0507. The van der Waals surface area contributed by atoms with Gasteiger partial charge in [0.25, 0.3) is 5.91 Å². The monoisotopic (exact) mass is 489 g/mol. The summed E-state index contributed by atoms with van der Waals surface area (Å²) in [6.07, 6.45) is 3.08. The minimum Gasteiger partial charge on any atom is -0.434 e. The normalized spacial score (nSPS) is 22.1. The molecule has 3 atom stereocenters. The molecule has 1 amide bonds. The number of fused-ring (bicyclic) bond motifs is 10. The molecule has 0 saturated heterocycles. The van der Waals surface area contributed by atoms with Gasteiger partial charge in [0.15, 0.2) is 5.65 Å². The van der Waals surface area contributed by atoms with Crippen LogP contribution in [0, 0.1) is 0 Å². The topological polar surface area (TPSA) is 93.4 Å². The number of nitrogens with zero attached hydrogens (tertiary/aromatic N) is 5. The number of aliphatic hydroxyl groups is 1. The van der Waals surface area contributed by atoms with E-state index < -0.39 is 18.8 Å². The Balaban J connectivity index is 1.42. The number of aliphatic hydroxyl groups excluding tert-OH is 1. The summed E-state index contributed by atoms with van der Waals surface area (Å²) >= 11 is 0. The second-order valence-corrected chi connectivity index (χ2v) is 9.48. The quantitative estimate of drug-likeness (QED) is 0.464. The molecule has 0 saturated carbocycles. The maximum absolute atomic E-state index is 13.3. The minimum atomic E-state index is -3.01. The number of imidazole rings is 1. The summed E-state index contributed by atoms with van der Waals surface area (Å²) in [4.78, 5) is 29.1. The molecule has 2 bridgehead atoms.